The Morgan fingerprint density at radius 2 is 1.54 bits per heavy atom. The molecule has 2 amide bonds. The summed E-state index contributed by atoms with van der Waals surface area (Å²) in [6, 6.07) is 19.8. The van der Waals surface area contributed by atoms with Crippen LogP contribution < -0.4 is 9.62 Å². The number of rotatable bonds is 9. The molecule has 0 aliphatic rings. The summed E-state index contributed by atoms with van der Waals surface area (Å²) in [6.07, 6.45) is 0. The highest BCUT2D eigenvalue weighted by molar-refractivity contribution is 9.10. The molecule has 0 unspecified atom stereocenters. The summed E-state index contributed by atoms with van der Waals surface area (Å²) >= 11 is 6.84. The average molecular weight is 679 g/mol. The lowest BCUT2D eigenvalue weighted by atomic mass is 10.1. The standard InChI is InChI=1S/C29H33Br2N3O4S/c1-20-9-15-26(16-10-20)39(37,38)34(25-13-11-23(30)12-14-25)19-27(35)33(18-22-7-6-8-24(31)17-22)21(2)28(36)32-29(3,4)5/h6-17,21H,18-19H2,1-5H3,(H,32,36)/t21-/m0/s1. The fourth-order valence-corrected chi connectivity index (χ4v) is 5.99. The molecule has 3 aromatic carbocycles. The maximum Gasteiger partial charge on any atom is 0.264 e. The smallest absolute Gasteiger partial charge is 0.264 e. The van der Waals surface area contributed by atoms with Gasteiger partial charge < -0.3 is 10.2 Å². The first-order chi connectivity index (χ1) is 18.2. The van der Waals surface area contributed by atoms with Crippen molar-refractivity contribution in [1.82, 2.24) is 10.2 Å². The van der Waals surface area contributed by atoms with Crippen molar-refractivity contribution in [3.63, 3.8) is 0 Å². The third kappa shape index (κ3) is 8.40. The van der Waals surface area contributed by atoms with E-state index in [9.17, 15) is 18.0 Å². The van der Waals surface area contributed by atoms with E-state index in [1.807, 2.05) is 52.0 Å². The molecule has 0 heterocycles. The van der Waals surface area contributed by atoms with E-state index in [0.29, 0.717) is 5.69 Å². The van der Waals surface area contributed by atoms with E-state index in [1.54, 1.807) is 43.3 Å². The van der Waals surface area contributed by atoms with Crippen molar-refractivity contribution in [2.45, 2.75) is 57.6 Å². The van der Waals surface area contributed by atoms with Crippen LogP contribution in [0, 0.1) is 6.92 Å². The molecule has 10 heteroatoms. The van der Waals surface area contributed by atoms with Crippen LogP contribution in [-0.4, -0.2) is 43.3 Å². The Balaban J connectivity index is 2.03. The highest BCUT2D eigenvalue weighted by Gasteiger charge is 2.33. The minimum atomic E-state index is -4.10. The lowest BCUT2D eigenvalue weighted by molar-refractivity contribution is -0.140. The fourth-order valence-electron chi connectivity index (χ4n) is 3.86. The minimum absolute atomic E-state index is 0.0703. The third-order valence-electron chi connectivity index (χ3n) is 5.91. The predicted molar refractivity (Wildman–Crippen MR) is 162 cm³/mol. The first-order valence-electron chi connectivity index (χ1n) is 12.4. The van der Waals surface area contributed by atoms with Gasteiger partial charge in [0.1, 0.15) is 12.6 Å². The van der Waals surface area contributed by atoms with Crippen molar-refractivity contribution >= 4 is 59.4 Å². The zero-order valence-electron chi connectivity index (χ0n) is 22.6. The lowest BCUT2D eigenvalue weighted by Crippen LogP contribution is -2.54. The summed E-state index contributed by atoms with van der Waals surface area (Å²) in [5.74, 6) is -0.840. The van der Waals surface area contributed by atoms with Crippen molar-refractivity contribution < 1.29 is 18.0 Å². The monoisotopic (exact) mass is 677 g/mol. The lowest BCUT2D eigenvalue weighted by Gasteiger charge is -2.33. The van der Waals surface area contributed by atoms with Crippen molar-refractivity contribution in [1.29, 1.82) is 0 Å². The Hall–Kier alpha value is -2.69. The van der Waals surface area contributed by atoms with Crippen molar-refractivity contribution in [2.24, 2.45) is 0 Å². The molecule has 0 spiro atoms. The van der Waals surface area contributed by atoms with E-state index in [1.165, 1.54) is 17.0 Å². The van der Waals surface area contributed by atoms with E-state index in [2.05, 4.69) is 37.2 Å². The van der Waals surface area contributed by atoms with Crippen LogP contribution in [0.25, 0.3) is 0 Å². The molecular formula is C29H33Br2N3O4S. The van der Waals surface area contributed by atoms with E-state index in [0.717, 1.165) is 24.4 Å². The van der Waals surface area contributed by atoms with Gasteiger partial charge in [0, 0.05) is 21.0 Å². The first kappa shape index (κ1) is 30.8. The molecular weight excluding hydrogens is 646 g/mol. The fraction of sp³-hybridized carbons (Fsp3) is 0.310. The van der Waals surface area contributed by atoms with E-state index in [4.69, 9.17) is 0 Å². The van der Waals surface area contributed by atoms with Gasteiger partial charge in [-0.15, -0.1) is 0 Å². The molecule has 0 aromatic heterocycles. The summed E-state index contributed by atoms with van der Waals surface area (Å²) < 4.78 is 30.4. The van der Waals surface area contributed by atoms with Crippen LogP contribution in [0.5, 0.6) is 0 Å². The first-order valence-corrected chi connectivity index (χ1v) is 15.4. The highest BCUT2D eigenvalue weighted by atomic mass is 79.9. The average Bonchev–Trinajstić information content (AvgIpc) is 2.85. The molecule has 1 atom stereocenters. The Morgan fingerprint density at radius 3 is 2.10 bits per heavy atom. The molecule has 208 valence electrons. The van der Waals surface area contributed by atoms with Gasteiger partial charge in [-0.1, -0.05) is 61.7 Å². The number of hydrogen-bond donors (Lipinski definition) is 1. The summed E-state index contributed by atoms with van der Waals surface area (Å²) in [7, 11) is -4.10. The number of amides is 2. The van der Waals surface area contributed by atoms with Crippen LogP contribution in [-0.2, 0) is 26.2 Å². The Bertz CT molecular complexity index is 1420. The molecule has 3 rings (SSSR count). The van der Waals surface area contributed by atoms with Crippen LogP contribution in [0.2, 0.25) is 0 Å². The SMILES string of the molecule is Cc1ccc(S(=O)(=O)N(CC(=O)N(Cc2cccc(Br)c2)[C@@H](C)C(=O)NC(C)(C)C)c2ccc(Br)cc2)cc1. The molecule has 0 aliphatic heterocycles. The second-order valence-electron chi connectivity index (χ2n) is 10.4. The minimum Gasteiger partial charge on any atom is -0.350 e. The molecule has 7 nitrogen and oxygen atoms in total. The second-order valence-corrected chi connectivity index (χ2v) is 14.1. The number of aryl methyl sites for hydroxylation is 1. The number of halogens is 2. The number of carbonyl (C=O) groups excluding carboxylic acids is 2. The van der Waals surface area contributed by atoms with E-state index in [-0.39, 0.29) is 17.3 Å². The molecule has 0 saturated carbocycles. The van der Waals surface area contributed by atoms with Gasteiger partial charge in [0.25, 0.3) is 10.0 Å². The Labute approximate surface area is 247 Å². The van der Waals surface area contributed by atoms with Crippen molar-refractivity contribution in [2.75, 3.05) is 10.8 Å². The maximum absolute atomic E-state index is 13.9. The highest BCUT2D eigenvalue weighted by Crippen LogP contribution is 2.26. The molecule has 3 aromatic rings. The normalized spacial score (nSPS) is 12.5. The molecule has 0 bridgehead atoms. The van der Waals surface area contributed by atoms with Crippen molar-refractivity contribution in [3.8, 4) is 0 Å². The number of anilines is 1. The van der Waals surface area contributed by atoms with Crippen molar-refractivity contribution in [3.05, 3.63) is 92.9 Å². The second kappa shape index (κ2) is 12.7. The number of carbonyl (C=O) groups is 2. The molecule has 39 heavy (non-hydrogen) atoms. The van der Waals surface area contributed by atoms with Crippen LogP contribution in [0.1, 0.15) is 38.8 Å². The van der Waals surface area contributed by atoms with E-state index >= 15 is 0 Å². The molecule has 0 radical (unpaired) electrons. The zero-order chi connectivity index (χ0) is 29.0. The van der Waals surface area contributed by atoms with Gasteiger partial charge in [0.2, 0.25) is 11.8 Å². The third-order valence-corrected chi connectivity index (χ3v) is 8.72. The van der Waals surface area contributed by atoms with Crippen LogP contribution in [0.15, 0.2) is 86.6 Å². The molecule has 1 N–H and O–H groups in total. The van der Waals surface area contributed by atoms with Gasteiger partial charge in [-0.25, -0.2) is 8.42 Å². The maximum atomic E-state index is 13.9. The zero-order valence-corrected chi connectivity index (χ0v) is 26.6. The predicted octanol–water partition coefficient (Wildman–Crippen LogP) is 6.05. The van der Waals surface area contributed by atoms with Gasteiger partial charge in [0.05, 0.1) is 10.6 Å². The molecule has 0 aliphatic carbocycles. The summed E-state index contributed by atoms with van der Waals surface area (Å²) in [5, 5.41) is 2.92. The Morgan fingerprint density at radius 1 is 0.923 bits per heavy atom. The largest absolute Gasteiger partial charge is 0.350 e. The Kier molecular flexibility index (Phi) is 10.0. The summed E-state index contributed by atoms with van der Waals surface area (Å²) in [6.45, 7) is 8.74. The number of hydrogen-bond acceptors (Lipinski definition) is 4. The van der Waals surface area contributed by atoms with Gasteiger partial charge in [-0.3, -0.25) is 13.9 Å². The molecule has 0 fully saturated rings. The van der Waals surface area contributed by atoms with Crippen LogP contribution in [0.3, 0.4) is 0 Å². The van der Waals surface area contributed by atoms with Gasteiger partial charge in [-0.05, 0) is 88.7 Å². The van der Waals surface area contributed by atoms with E-state index < -0.39 is 34.1 Å². The number of nitrogens with zero attached hydrogens (tertiary/aromatic N) is 2. The summed E-state index contributed by atoms with van der Waals surface area (Å²) in [5.41, 5.74) is 1.54. The quantitative estimate of drug-likeness (QED) is 0.299. The van der Waals surface area contributed by atoms with Gasteiger partial charge >= 0.3 is 0 Å². The number of nitrogens with one attached hydrogen (secondary N) is 1. The number of benzene rings is 3. The summed E-state index contributed by atoms with van der Waals surface area (Å²) in [4.78, 5) is 28.6. The van der Waals surface area contributed by atoms with Crippen LogP contribution >= 0.6 is 31.9 Å². The topological polar surface area (TPSA) is 86.8 Å². The molecule has 0 saturated heterocycles. The van der Waals surface area contributed by atoms with Crippen LogP contribution in [0.4, 0.5) is 5.69 Å². The van der Waals surface area contributed by atoms with Gasteiger partial charge in [0.15, 0.2) is 0 Å². The number of sulfonamides is 1. The van der Waals surface area contributed by atoms with Gasteiger partial charge in [-0.2, -0.15) is 0 Å².